The van der Waals surface area contributed by atoms with Crippen molar-refractivity contribution >= 4 is 23.7 Å². The fourth-order valence-electron chi connectivity index (χ4n) is 2.50. The van der Waals surface area contributed by atoms with Gasteiger partial charge in [-0.1, -0.05) is 72.4 Å². The Kier molecular flexibility index (Phi) is 6.44. The molecule has 3 rings (SSSR count). The molecule has 0 saturated heterocycles. The summed E-state index contributed by atoms with van der Waals surface area (Å²) in [5.74, 6) is 0.330. The van der Waals surface area contributed by atoms with Crippen LogP contribution in [0.5, 0.6) is 0 Å². The van der Waals surface area contributed by atoms with Crippen LogP contribution in [0.2, 0.25) is 0 Å². The number of aromatic nitrogens is 3. The monoisotopic (exact) mass is 395 g/mol. The van der Waals surface area contributed by atoms with Gasteiger partial charge in [-0.25, -0.2) is 4.79 Å². The Morgan fingerprint density at radius 2 is 1.68 bits per heavy atom. The second-order valence-electron chi connectivity index (χ2n) is 6.15. The van der Waals surface area contributed by atoms with Crippen LogP contribution < -0.4 is 10.6 Å². The molecule has 0 saturated carbocycles. The van der Waals surface area contributed by atoms with Crippen LogP contribution in [0.1, 0.15) is 12.5 Å². The molecule has 0 aliphatic carbocycles. The molecule has 3 aromatic rings. The van der Waals surface area contributed by atoms with Crippen LogP contribution in [0, 0.1) is 0 Å². The van der Waals surface area contributed by atoms with E-state index in [1.165, 1.54) is 11.8 Å². The fraction of sp³-hybridized carbons (Fsp3) is 0.200. The number of nitrogens with one attached hydrogen (secondary N) is 2. The van der Waals surface area contributed by atoms with Crippen molar-refractivity contribution in [3.63, 3.8) is 0 Å². The van der Waals surface area contributed by atoms with Gasteiger partial charge in [0.05, 0.1) is 5.25 Å². The van der Waals surface area contributed by atoms with Crippen molar-refractivity contribution in [2.24, 2.45) is 7.05 Å². The van der Waals surface area contributed by atoms with Crippen LogP contribution in [-0.2, 0) is 18.4 Å². The number of imide groups is 1. The number of amides is 3. The highest BCUT2D eigenvalue weighted by atomic mass is 32.2. The first-order valence-electron chi connectivity index (χ1n) is 8.78. The Hall–Kier alpha value is -3.13. The highest BCUT2D eigenvalue weighted by Gasteiger charge is 2.20. The second kappa shape index (κ2) is 9.18. The summed E-state index contributed by atoms with van der Waals surface area (Å²) in [6, 6.07) is 18.7. The lowest BCUT2D eigenvalue weighted by molar-refractivity contribution is -0.119. The summed E-state index contributed by atoms with van der Waals surface area (Å²) in [4.78, 5) is 24.3. The topological polar surface area (TPSA) is 88.9 Å². The quantitative estimate of drug-likeness (QED) is 0.627. The zero-order chi connectivity index (χ0) is 19.9. The van der Waals surface area contributed by atoms with Crippen molar-refractivity contribution in [1.82, 2.24) is 25.4 Å². The Morgan fingerprint density at radius 3 is 2.36 bits per heavy atom. The van der Waals surface area contributed by atoms with E-state index in [9.17, 15) is 9.59 Å². The van der Waals surface area contributed by atoms with Gasteiger partial charge in [0, 0.05) is 19.2 Å². The molecule has 1 heterocycles. The van der Waals surface area contributed by atoms with Crippen molar-refractivity contribution in [1.29, 1.82) is 0 Å². The number of carbonyl (C=O) groups is 2. The van der Waals surface area contributed by atoms with E-state index in [2.05, 4.69) is 20.8 Å². The fourth-order valence-corrected chi connectivity index (χ4v) is 3.32. The van der Waals surface area contributed by atoms with Gasteiger partial charge in [-0.15, -0.1) is 10.2 Å². The van der Waals surface area contributed by atoms with E-state index in [-0.39, 0.29) is 5.91 Å². The number of thioether (sulfide) groups is 1. The molecule has 0 fully saturated rings. The second-order valence-corrected chi connectivity index (χ2v) is 7.46. The zero-order valence-corrected chi connectivity index (χ0v) is 16.4. The SMILES string of the molecule is CC(Sc1nnc(-c2ccccc2)n1C)C(=O)NC(=O)NCc1ccccc1. The third-order valence-electron chi connectivity index (χ3n) is 4.05. The van der Waals surface area contributed by atoms with E-state index in [1.807, 2.05) is 72.3 Å². The van der Waals surface area contributed by atoms with Gasteiger partial charge < -0.3 is 9.88 Å². The number of hydrogen-bond donors (Lipinski definition) is 2. The molecule has 1 unspecified atom stereocenters. The molecule has 0 radical (unpaired) electrons. The summed E-state index contributed by atoms with van der Waals surface area (Å²) in [6.07, 6.45) is 0. The Labute approximate surface area is 167 Å². The van der Waals surface area contributed by atoms with Crippen molar-refractivity contribution in [2.45, 2.75) is 23.9 Å². The summed E-state index contributed by atoms with van der Waals surface area (Å²) in [6.45, 7) is 2.08. The third-order valence-corrected chi connectivity index (χ3v) is 5.18. The predicted octanol–water partition coefficient (Wildman–Crippen LogP) is 2.99. The molecular formula is C20H21N5O2S. The maximum Gasteiger partial charge on any atom is 0.321 e. The summed E-state index contributed by atoms with van der Waals surface area (Å²) >= 11 is 1.25. The minimum Gasteiger partial charge on any atom is -0.334 e. The number of benzene rings is 2. The average molecular weight is 395 g/mol. The molecule has 2 aromatic carbocycles. The van der Waals surface area contributed by atoms with Gasteiger partial charge in [0.1, 0.15) is 0 Å². The Morgan fingerprint density at radius 1 is 1.04 bits per heavy atom. The molecular weight excluding hydrogens is 374 g/mol. The molecule has 2 N–H and O–H groups in total. The van der Waals surface area contributed by atoms with E-state index >= 15 is 0 Å². The third kappa shape index (κ3) is 4.98. The highest BCUT2D eigenvalue weighted by Crippen LogP contribution is 2.25. The van der Waals surface area contributed by atoms with Gasteiger partial charge in [-0.3, -0.25) is 10.1 Å². The minimum atomic E-state index is -0.524. The van der Waals surface area contributed by atoms with Crippen LogP contribution in [0.25, 0.3) is 11.4 Å². The lowest BCUT2D eigenvalue weighted by Crippen LogP contribution is -2.42. The molecule has 0 aliphatic heterocycles. The summed E-state index contributed by atoms with van der Waals surface area (Å²) in [5.41, 5.74) is 1.90. The van der Waals surface area contributed by atoms with Gasteiger partial charge in [-0.05, 0) is 12.5 Å². The number of rotatable bonds is 6. The summed E-state index contributed by atoms with van der Waals surface area (Å²) in [5, 5.41) is 13.5. The zero-order valence-electron chi connectivity index (χ0n) is 15.6. The Balaban J connectivity index is 1.54. The summed E-state index contributed by atoms with van der Waals surface area (Å²) < 4.78 is 1.83. The van der Waals surface area contributed by atoms with Crippen LogP contribution in [0.3, 0.4) is 0 Å². The van der Waals surface area contributed by atoms with E-state index in [0.717, 1.165) is 17.0 Å². The Bertz CT molecular complexity index is 944. The van der Waals surface area contributed by atoms with Crippen LogP contribution in [-0.4, -0.2) is 32.0 Å². The standard InChI is InChI=1S/C20H21N5O2S/c1-14(18(26)22-19(27)21-13-15-9-5-3-6-10-15)28-20-24-23-17(25(20)2)16-11-7-4-8-12-16/h3-12,14H,13H2,1-2H3,(H2,21,22,26,27). The maximum absolute atomic E-state index is 12.3. The van der Waals surface area contributed by atoms with Crippen molar-refractivity contribution < 1.29 is 9.59 Å². The van der Waals surface area contributed by atoms with Gasteiger partial charge in [0.2, 0.25) is 5.91 Å². The van der Waals surface area contributed by atoms with Gasteiger partial charge in [0.25, 0.3) is 0 Å². The molecule has 0 spiro atoms. The molecule has 8 heteroatoms. The maximum atomic E-state index is 12.3. The highest BCUT2D eigenvalue weighted by molar-refractivity contribution is 8.00. The first kappa shape index (κ1) is 19.6. The predicted molar refractivity (Wildman–Crippen MR) is 109 cm³/mol. The van der Waals surface area contributed by atoms with E-state index in [1.54, 1.807) is 6.92 Å². The molecule has 1 aromatic heterocycles. The lowest BCUT2D eigenvalue weighted by Gasteiger charge is -2.11. The molecule has 0 aliphatic rings. The van der Waals surface area contributed by atoms with E-state index in [4.69, 9.17) is 0 Å². The van der Waals surface area contributed by atoms with Crippen LogP contribution >= 0.6 is 11.8 Å². The molecule has 7 nitrogen and oxygen atoms in total. The first-order valence-corrected chi connectivity index (χ1v) is 9.66. The largest absolute Gasteiger partial charge is 0.334 e. The average Bonchev–Trinajstić information content (AvgIpc) is 3.08. The number of urea groups is 1. The molecule has 0 bridgehead atoms. The molecule has 3 amide bonds. The van der Waals surface area contributed by atoms with E-state index in [0.29, 0.717) is 11.7 Å². The van der Waals surface area contributed by atoms with Crippen LogP contribution in [0.4, 0.5) is 4.79 Å². The first-order chi connectivity index (χ1) is 13.5. The van der Waals surface area contributed by atoms with Gasteiger partial charge in [0.15, 0.2) is 11.0 Å². The normalized spacial score (nSPS) is 11.6. The number of hydrogen-bond acceptors (Lipinski definition) is 5. The lowest BCUT2D eigenvalue weighted by atomic mass is 10.2. The van der Waals surface area contributed by atoms with Crippen LogP contribution in [0.15, 0.2) is 65.8 Å². The van der Waals surface area contributed by atoms with E-state index < -0.39 is 11.3 Å². The van der Waals surface area contributed by atoms with Crippen molar-refractivity contribution in [3.05, 3.63) is 66.2 Å². The number of nitrogens with zero attached hydrogens (tertiary/aromatic N) is 3. The van der Waals surface area contributed by atoms with Crippen molar-refractivity contribution in [2.75, 3.05) is 0 Å². The number of carbonyl (C=O) groups excluding carboxylic acids is 2. The van der Waals surface area contributed by atoms with Crippen molar-refractivity contribution in [3.8, 4) is 11.4 Å². The molecule has 28 heavy (non-hydrogen) atoms. The van der Waals surface area contributed by atoms with Gasteiger partial charge >= 0.3 is 6.03 Å². The summed E-state index contributed by atoms with van der Waals surface area (Å²) in [7, 11) is 1.85. The van der Waals surface area contributed by atoms with Gasteiger partial charge in [-0.2, -0.15) is 0 Å². The smallest absolute Gasteiger partial charge is 0.321 e. The minimum absolute atomic E-state index is 0.352. The molecule has 1 atom stereocenters. The molecule has 144 valence electrons.